The molecular weight excluding hydrogens is 264 g/mol. The van der Waals surface area contributed by atoms with Crippen LogP contribution in [0.25, 0.3) is 0 Å². The van der Waals surface area contributed by atoms with Crippen molar-refractivity contribution in [2.75, 3.05) is 17.7 Å². The molecule has 14 heavy (non-hydrogen) atoms. The topological polar surface area (TPSA) is 33.2 Å². The van der Waals surface area contributed by atoms with Gasteiger partial charge in [0.1, 0.15) is 5.82 Å². The second-order valence-electron chi connectivity index (χ2n) is 3.12. The van der Waals surface area contributed by atoms with E-state index in [0.717, 1.165) is 20.9 Å². The molecule has 1 aromatic rings. The lowest BCUT2D eigenvalue weighted by Gasteiger charge is -2.24. The third kappa shape index (κ3) is 1.54. The van der Waals surface area contributed by atoms with Gasteiger partial charge >= 0.3 is 0 Å². The van der Waals surface area contributed by atoms with Gasteiger partial charge in [0.25, 0.3) is 0 Å². The molecule has 0 N–H and O–H groups in total. The van der Waals surface area contributed by atoms with Gasteiger partial charge in [-0.1, -0.05) is 0 Å². The number of carbonyl (C=O) groups excluding carboxylic acids is 1. The van der Waals surface area contributed by atoms with Crippen molar-refractivity contribution >= 4 is 39.4 Å². The minimum absolute atomic E-state index is 0.108. The van der Waals surface area contributed by atoms with Crippen LogP contribution in [0.3, 0.4) is 0 Å². The summed E-state index contributed by atoms with van der Waals surface area (Å²) in [5, 5.41) is 0. The highest BCUT2D eigenvalue weighted by Gasteiger charge is 2.23. The highest BCUT2D eigenvalue weighted by atomic mass is 79.9. The molecule has 2 heterocycles. The summed E-state index contributed by atoms with van der Waals surface area (Å²) in [6.07, 6.45) is 0. The van der Waals surface area contributed by atoms with E-state index in [1.807, 2.05) is 13.0 Å². The van der Waals surface area contributed by atoms with Crippen LogP contribution in [0.5, 0.6) is 0 Å². The number of carbonyl (C=O) groups is 1. The van der Waals surface area contributed by atoms with Crippen molar-refractivity contribution in [1.82, 2.24) is 4.98 Å². The first-order chi connectivity index (χ1) is 6.59. The fraction of sp³-hybridized carbons (Fsp3) is 0.333. The molecule has 2 rings (SSSR count). The second kappa shape index (κ2) is 3.55. The number of aryl methyl sites for hydroxylation is 1. The molecule has 0 bridgehead atoms. The molecule has 0 saturated heterocycles. The van der Waals surface area contributed by atoms with Crippen LogP contribution in [0, 0.1) is 6.92 Å². The van der Waals surface area contributed by atoms with Crippen molar-refractivity contribution < 1.29 is 4.79 Å². The highest BCUT2D eigenvalue weighted by Crippen LogP contribution is 2.35. The molecule has 0 spiro atoms. The van der Waals surface area contributed by atoms with Crippen LogP contribution in [-0.4, -0.2) is 23.7 Å². The van der Waals surface area contributed by atoms with Crippen molar-refractivity contribution in [3.63, 3.8) is 0 Å². The van der Waals surface area contributed by atoms with Crippen molar-refractivity contribution in [3.05, 3.63) is 16.2 Å². The summed E-state index contributed by atoms with van der Waals surface area (Å²) in [5.41, 5.74) is 0.908. The third-order valence-electron chi connectivity index (χ3n) is 2.14. The Morgan fingerprint density at radius 2 is 2.36 bits per heavy atom. The number of hydrogen-bond acceptors (Lipinski definition) is 3. The minimum atomic E-state index is 0.108. The Hall–Kier alpha value is -0.550. The minimum Gasteiger partial charge on any atom is -0.298 e. The van der Waals surface area contributed by atoms with Crippen molar-refractivity contribution in [1.29, 1.82) is 0 Å². The van der Waals surface area contributed by atoms with Gasteiger partial charge in [-0.2, -0.15) is 0 Å². The van der Waals surface area contributed by atoms with Gasteiger partial charge in [0, 0.05) is 11.5 Å². The van der Waals surface area contributed by atoms with Gasteiger partial charge in [-0.05, 0) is 28.9 Å². The summed E-state index contributed by atoms with van der Waals surface area (Å²) in [6.45, 7) is 1.92. The monoisotopic (exact) mass is 272 g/mol. The molecule has 0 radical (unpaired) electrons. The maximum atomic E-state index is 11.4. The molecule has 0 fully saturated rings. The Bertz CT molecular complexity index is 408. The Kier molecular flexibility index (Phi) is 2.53. The first-order valence-corrected chi connectivity index (χ1v) is 5.94. The predicted octanol–water partition coefficient (Wildman–Crippen LogP) is 2.22. The van der Waals surface area contributed by atoms with Crippen LogP contribution in [0.15, 0.2) is 15.4 Å². The van der Waals surface area contributed by atoms with Crippen molar-refractivity contribution in [2.24, 2.45) is 0 Å². The van der Waals surface area contributed by atoms with Gasteiger partial charge < -0.3 is 0 Å². The standard InChI is InChI=1S/C9H9BrN2OS/c1-5-6(10)3-7-9(11-5)12(2)8(13)4-14-7/h3H,4H2,1-2H3. The summed E-state index contributed by atoms with van der Waals surface area (Å²) in [4.78, 5) is 18.5. The number of nitrogens with zero attached hydrogens (tertiary/aromatic N) is 2. The normalized spacial score (nSPS) is 15.6. The first kappa shape index (κ1) is 9.98. The molecule has 1 aliphatic rings. The van der Waals surface area contributed by atoms with Gasteiger partial charge in [0.05, 0.1) is 16.3 Å². The lowest BCUT2D eigenvalue weighted by atomic mass is 10.3. The molecule has 0 aliphatic carbocycles. The Labute approximate surface area is 95.0 Å². The van der Waals surface area contributed by atoms with Crippen LogP contribution < -0.4 is 4.90 Å². The molecule has 1 aliphatic heterocycles. The van der Waals surface area contributed by atoms with Crippen LogP contribution in [0.1, 0.15) is 5.69 Å². The quantitative estimate of drug-likeness (QED) is 0.726. The lowest BCUT2D eigenvalue weighted by molar-refractivity contribution is -0.116. The number of pyridine rings is 1. The number of thioether (sulfide) groups is 1. The maximum absolute atomic E-state index is 11.4. The fourth-order valence-electron chi connectivity index (χ4n) is 1.25. The molecule has 3 nitrogen and oxygen atoms in total. The molecule has 0 aromatic carbocycles. The lowest BCUT2D eigenvalue weighted by Crippen LogP contribution is -2.32. The van der Waals surface area contributed by atoms with Crippen LogP contribution >= 0.6 is 27.7 Å². The highest BCUT2D eigenvalue weighted by molar-refractivity contribution is 9.10. The van der Waals surface area contributed by atoms with Crippen LogP contribution in [0.4, 0.5) is 5.82 Å². The van der Waals surface area contributed by atoms with E-state index in [-0.39, 0.29) is 5.91 Å². The Morgan fingerprint density at radius 1 is 1.64 bits per heavy atom. The fourth-order valence-corrected chi connectivity index (χ4v) is 2.71. The first-order valence-electron chi connectivity index (χ1n) is 4.16. The second-order valence-corrected chi connectivity index (χ2v) is 4.99. The summed E-state index contributed by atoms with van der Waals surface area (Å²) >= 11 is 4.97. The molecular formula is C9H9BrN2OS. The summed E-state index contributed by atoms with van der Waals surface area (Å²) in [5.74, 6) is 1.38. The summed E-state index contributed by atoms with van der Waals surface area (Å²) in [7, 11) is 1.77. The van der Waals surface area contributed by atoms with Crippen molar-refractivity contribution in [3.8, 4) is 0 Å². The van der Waals surface area contributed by atoms with E-state index in [1.165, 1.54) is 11.8 Å². The molecule has 0 unspecified atom stereocenters. The smallest absolute Gasteiger partial charge is 0.238 e. The van der Waals surface area contributed by atoms with Gasteiger partial charge in [-0.3, -0.25) is 9.69 Å². The average molecular weight is 273 g/mol. The number of anilines is 1. The van der Waals surface area contributed by atoms with E-state index in [0.29, 0.717) is 5.75 Å². The number of hydrogen-bond donors (Lipinski definition) is 0. The van der Waals surface area contributed by atoms with E-state index in [2.05, 4.69) is 20.9 Å². The predicted molar refractivity (Wildman–Crippen MR) is 60.8 cm³/mol. The number of amides is 1. The molecule has 1 amide bonds. The number of fused-ring (bicyclic) bond motifs is 1. The number of halogens is 1. The number of aromatic nitrogens is 1. The van der Waals surface area contributed by atoms with Crippen LogP contribution in [-0.2, 0) is 4.79 Å². The Morgan fingerprint density at radius 3 is 3.07 bits per heavy atom. The summed E-state index contributed by atoms with van der Waals surface area (Å²) in [6, 6.07) is 2.02. The van der Waals surface area contributed by atoms with E-state index in [9.17, 15) is 4.79 Å². The zero-order chi connectivity index (χ0) is 10.3. The van der Waals surface area contributed by atoms with Crippen LogP contribution in [0.2, 0.25) is 0 Å². The average Bonchev–Trinajstić information content (AvgIpc) is 2.15. The van der Waals surface area contributed by atoms with E-state index < -0.39 is 0 Å². The van der Waals surface area contributed by atoms with E-state index in [1.54, 1.807) is 11.9 Å². The van der Waals surface area contributed by atoms with E-state index >= 15 is 0 Å². The van der Waals surface area contributed by atoms with Crippen molar-refractivity contribution in [2.45, 2.75) is 11.8 Å². The zero-order valence-corrected chi connectivity index (χ0v) is 10.3. The molecule has 74 valence electrons. The summed E-state index contributed by atoms with van der Waals surface area (Å²) < 4.78 is 0.992. The van der Waals surface area contributed by atoms with Gasteiger partial charge in [0.15, 0.2) is 0 Å². The largest absolute Gasteiger partial charge is 0.298 e. The molecule has 0 atom stereocenters. The molecule has 1 aromatic heterocycles. The van der Waals surface area contributed by atoms with E-state index in [4.69, 9.17) is 0 Å². The van der Waals surface area contributed by atoms with Gasteiger partial charge in [-0.15, -0.1) is 11.8 Å². The van der Waals surface area contributed by atoms with Gasteiger partial charge in [0.2, 0.25) is 5.91 Å². The molecule has 0 saturated carbocycles. The van der Waals surface area contributed by atoms with Gasteiger partial charge in [-0.25, -0.2) is 4.98 Å². The Balaban J connectivity index is 2.55. The maximum Gasteiger partial charge on any atom is 0.238 e. The third-order valence-corrected chi connectivity index (χ3v) is 3.95. The molecule has 5 heteroatoms. The SMILES string of the molecule is Cc1nc2c(cc1Br)SCC(=O)N2C. The number of rotatable bonds is 0. The zero-order valence-electron chi connectivity index (χ0n) is 7.87.